The molecule has 0 aliphatic carbocycles. The largest absolute Gasteiger partial charge is 0.492 e. The van der Waals surface area contributed by atoms with Gasteiger partial charge in [-0.25, -0.2) is 0 Å². The number of hydrogen-bond donors (Lipinski definition) is 1. The van der Waals surface area contributed by atoms with Crippen molar-refractivity contribution in [1.29, 1.82) is 0 Å². The molecule has 0 aliphatic rings. The molecule has 1 aromatic carbocycles. The third-order valence-electron chi connectivity index (χ3n) is 2.87. The molecule has 3 nitrogen and oxygen atoms in total. The van der Waals surface area contributed by atoms with Crippen LogP contribution in [-0.4, -0.2) is 38.7 Å². The molecule has 1 N–H and O–H groups in total. The van der Waals surface area contributed by atoms with Crippen molar-refractivity contribution in [3.05, 3.63) is 29.8 Å². The molecule has 1 rings (SSSR count). The van der Waals surface area contributed by atoms with Gasteiger partial charge in [-0.2, -0.15) is 0 Å². The Bertz CT molecular complexity index is 333. The zero-order valence-electron chi connectivity index (χ0n) is 12.8. The molecule has 3 heteroatoms. The van der Waals surface area contributed by atoms with Gasteiger partial charge < -0.3 is 15.0 Å². The van der Waals surface area contributed by atoms with Crippen LogP contribution in [-0.2, 0) is 6.54 Å². The SMILES string of the molecule is CC(C)CCNCCOc1ccc(CN(C)C)cc1. The third-order valence-corrected chi connectivity index (χ3v) is 2.87. The first-order chi connectivity index (χ1) is 9.08. The van der Waals surface area contributed by atoms with Gasteiger partial charge >= 0.3 is 0 Å². The molecule has 108 valence electrons. The van der Waals surface area contributed by atoms with Gasteiger partial charge in [0, 0.05) is 13.1 Å². The topological polar surface area (TPSA) is 24.5 Å². The smallest absolute Gasteiger partial charge is 0.119 e. The maximum atomic E-state index is 5.70. The standard InChI is InChI=1S/C16H28N2O/c1-14(2)9-10-17-11-12-19-16-7-5-15(6-8-16)13-18(3)4/h5-8,14,17H,9-13H2,1-4H3. The lowest BCUT2D eigenvalue weighted by Gasteiger charge is -2.11. The van der Waals surface area contributed by atoms with Crippen molar-refractivity contribution in [2.24, 2.45) is 5.92 Å². The predicted octanol–water partition coefficient (Wildman–Crippen LogP) is 2.76. The highest BCUT2D eigenvalue weighted by Gasteiger charge is 1.97. The summed E-state index contributed by atoms with van der Waals surface area (Å²) < 4.78 is 5.70. The van der Waals surface area contributed by atoms with Gasteiger partial charge in [0.05, 0.1) is 0 Å². The van der Waals surface area contributed by atoms with E-state index in [1.807, 2.05) is 12.1 Å². The van der Waals surface area contributed by atoms with E-state index in [1.165, 1.54) is 12.0 Å². The van der Waals surface area contributed by atoms with Crippen LogP contribution < -0.4 is 10.1 Å². The molecule has 0 saturated heterocycles. The van der Waals surface area contributed by atoms with Crippen LogP contribution in [0, 0.1) is 5.92 Å². The summed E-state index contributed by atoms with van der Waals surface area (Å²) in [6.07, 6.45) is 1.22. The normalized spacial score (nSPS) is 11.3. The van der Waals surface area contributed by atoms with Crippen molar-refractivity contribution >= 4 is 0 Å². The second-order valence-corrected chi connectivity index (χ2v) is 5.66. The van der Waals surface area contributed by atoms with Crippen molar-refractivity contribution in [3.63, 3.8) is 0 Å². The van der Waals surface area contributed by atoms with Gasteiger partial charge in [0.25, 0.3) is 0 Å². The van der Waals surface area contributed by atoms with Crippen LogP contribution >= 0.6 is 0 Å². The molecule has 0 fully saturated rings. The van der Waals surface area contributed by atoms with E-state index in [0.717, 1.165) is 37.9 Å². The van der Waals surface area contributed by atoms with Crippen LogP contribution in [0.25, 0.3) is 0 Å². The van der Waals surface area contributed by atoms with Gasteiger partial charge in [0.15, 0.2) is 0 Å². The highest BCUT2D eigenvalue weighted by Crippen LogP contribution is 2.12. The molecule has 0 radical (unpaired) electrons. The molecule has 0 aliphatic heterocycles. The van der Waals surface area contributed by atoms with E-state index >= 15 is 0 Å². The summed E-state index contributed by atoms with van der Waals surface area (Å²) in [6, 6.07) is 8.35. The second-order valence-electron chi connectivity index (χ2n) is 5.66. The van der Waals surface area contributed by atoms with Crippen LogP contribution in [0.1, 0.15) is 25.8 Å². The first-order valence-electron chi connectivity index (χ1n) is 7.15. The van der Waals surface area contributed by atoms with Crippen LogP contribution in [0.3, 0.4) is 0 Å². The van der Waals surface area contributed by atoms with Crippen LogP contribution in [0.5, 0.6) is 5.75 Å². The Balaban J connectivity index is 2.16. The number of rotatable bonds is 9. The lowest BCUT2D eigenvalue weighted by Crippen LogP contribution is -2.23. The lowest BCUT2D eigenvalue weighted by atomic mass is 10.1. The van der Waals surface area contributed by atoms with Crippen LogP contribution in [0.2, 0.25) is 0 Å². The fourth-order valence-electron chi connectivity index (χ4n) is 1.81. The molecular formula is C16H28N2O. The van der Waals surface area contributed by atoms with Gasteiger partial charge in [-0.1, -0.05) is 26.0 Å². The summed E-state index contributed by atoms with van der Waals surface area (Å²) >= 11 is 0. The van der Waals surface area contributed by atoms with Crippen LogP contribution in [0.4, 0.5) is 0 Å². The number of benzene rings is 1. The Hall–Kier alpha value is -1.06. The molecule has 19 heavy (non-hydrogen) atoms. The maximum absolute atomic E-state index is 5.70. The summed E-state index contributed by atoms with van der Waals surface area (Å²) in [5.41, 5.74) is 1.31. The molecule has 0 bridgehead atoms. The minimum absolute atomic E-state index is 0.727. The Morgan fingerprint density at radius 2 is 1.79 bits per heavy atom. The molecule has 0 amide bonds. The van der Waals surface area contributed by atoms with E-state index in [4.69, 9.17) is 4.74 Å². The molecular weight excluding hydrogens is 236 g/mol. The highest BCUT2D eigenvalue weighted by molar-refractivity contribution is 5.27. The van der Waals surface area contributed by atoms with Crippen molar-refractivity contribution < 1.29 is 4.74 Å². The zero-order valence-corrected chi connectivity index (χ0v) is 12.8. The summed E-state index contributed by atoms with van der Waals surface area (Å²) in [4.78, 5) is 2.16. The average molecular weight is 264 g/mol. The predicted molar refractivity (Wildman–Crippen MR) is 81.7 cm³/mol. The van der Waals surface area contributed by atoms with E-state index in [1.54, 1.807) is 0 Å². The van der Waals surface area contributed by atoms with Crippen molar-refractivity contribution in [3.8, 4) is 5.75 Å². The highest BCUT2D eigenvalue weighted by atomic mass is 16.5. The Labute approximate surface area is 118 Å². The number of hydrogen-bond acceptors (Lipinski definition) is 3. The zero-order chi connectivity index (χ0) is 14.1. The summed E-state index contributed by atoms with van der Waals surface area (Å²) in [5.74, 6) is 1.71. The third kappa shape index (κ3) is 7.85. The van der Waals surface area contributed by atoms with E-state index in [-0.39, 0.29) is 0 Å². The molecule has 0 atom stereocenters. The monoisotopic (exact) mass is 264 g/mol. The van der Waals surface area contributed by atoms with E-state index in [9.17, 15) is 0 Å². The minimum atomic E-state index is 0.727. The Morgan fingerprint density at radius 3 is 2.37 bits per heavy atom. The van der Waals surface area contributed by atoms with Gasteiger partial charge in [0.2, 0.25) is 0 Å². The summed E-state index contributed by atoms with van der Waals surface area (Å²) in [6.45, 7) is 8.16. The molecule has 0 saturated carbocycles. The minimum Gasteiger partial charge on any atom is -0.492 e. The van der Waals surface area contributed by atoms with E-state index in [2.05, 4.69) is 50.3 Å². The van der Waals surface area contributed by atoms with Gasteiger partial charge in [-0.15, -0.1) is 0 Å². The Kier molecular flexibility index (Phi) is 7.53. The second kappa shape index (κ2) is 8.94. The van der Waals surface area contributed by atoms with Gasteiger partial charge in [0.1, 0.15) is 12.4 Å². The average Bonchev–Trinajstić information content (AvgIpc) is 2.34. The van der Waals surface area contributed by atoms with E-state index in [0.29, 0.717) is 0 Å². The molecule has 0 heterocycles. The van der Waals surface area contributed by atoms with Crippen molar-refractivity contribution in [2.45, 2.75) is 26.8 Å². The summed E-state index contributed by atoms with van der Waals surface area (Å²) in [7, 11) is 4.15. The Morgan fingerprint density at radius 1 is 1.11 bits per heavy atom. The number of nitrogens with zero attached hydrogens (tertiary/aromatic N) is 1. The first kappa shape index (κ1) is 16.0. The van der Waals surface area contributed by atoms with Gasteiger partial charge in [-0.3, -0.25) is 0 Å². The molecule has 0 unspecified atom stereocenters. The number of nitrogens with one attached hydrogen (secondary N) is 1. The fraction of sp³-hybridized carbons (Fsp3) is 0.625. The quantitative estimate of drug-likeness (QED) is 0.694. The van der Waals surface area contributed by atoms with Crippen molar-refractivity contribution in [1.82, 2.24) is 10.2 Å². The molecule has 0 aromatic heterocycles. The molecule has 1 aromatic rings. The summed E-state index contributed by atoms with van der Waals surface area (Å²) in [5, 5.41) is 3.39. The van der Waals surface area contributed by atoms with Gasteiger partial charge in [-0.05, 0) is 50.7 Å². The number of ether oxygens (including phenoxy) is 1. The fourth-order valence-corrected chi connectivity index (χ4v) is 1.81. The van der Waals surface area contributed by atoms with E-state index < -0.39 is 0 Å². The van der Waals surface area contributed by atoms with Crippen molar-refractivity contribution in [2.75, 3.05) is 33.8 Å². The maximum Gasteiger partial charge on any atom is 0.119 e. The lowest BCUT2D eigenvalue weighted by molar-refractivity contribution is 0.312. The first-order valence-corrected chi connectivity index (χ1v) is 7.15. The molecule has 0 spiro atoms. The van der Waals surface area contributed by atoms with Crippen LogP contribution in [0.15, 0.2) is 24.3 Å².